The summed E-state index contributed by atoms with van der Waals surface area (Å²) in [6.07, 6.45) is 1.47. The average Bonchev–Trinajstić information content (AvgIpc) is 2.48. The van der Waals surface area contributed by atoms with Crippen molar-refractivity contribution < 1.29 is 18.9 Å². The van der Waals surface area contributed by atoms with Crippen LogP contribution in [0.4, 0.5) is 0 Å². The number of hydrogen-bond acceptors (Lipinski definition) is 4. The predicted octanol–water partition coefficient (Wildman–Crippen LogP) is 2.73. The average molecular weight is 290 g/mol. The molecule has 0 aliphatic rings. The first-order chi connectivity index (χ1) is 9.31. The minimum atomic E-state index is 0. The van der Waals surface area contributed by atoms with Gasteiger partial charge in [-0.1, -0.05) is 24.3 Å². The minimum absolute atomic E-state index is 0. The molecule has 0 unspecified atom stereocenters. The Balaban J connectivity index is 0.00000200. The second kappa shape index (κ2) is 8.02. The van der Waals surface area contributed by atoms with Crippen LogP contribution in [0.1, 0.15) is 20.7 Å². The third kappa shape index (κ3) is 4.44. The lowest BCUT2D eigenvalue weighted by atomic mass is 10.2. The first kappa shape index (κ1) is 15.8. The van der Waals surface area contributed by atoms with Crippen molar-refractivity contribution in [1.29, 1.82) is 0 Å². The summed E-state index contributed by atoms with van der Waals surface area (Å²) in [5, 5.41) is 0. The largest absolute Gasteiger partial charge is 0.658 e. The van der Waals surface area contributed by atoms with Crippen LogP contribution in [0, 0.1) is 0 Å². The van der Waals surface area contributed by atoms with E-state index in [4.69, 9.17) is 9.31 Å². The summed E-state index contributed by atoms with van der Waals surface area (Å²) in [5.41, 5.74) is 1.04. The van der Waals surface area contributed by atoms with Gasteiger partial charge in [0.2, 0.25) is 0 Å². The summed E-state index contributed by atoms with van der Waals surface area (Å²) < 4.78 is 10.5. The first-order valence-corrected chi connectivity index (χ1v) is 5.57. The fourth-order valence-corrected chi connectivity index (χ4v) is 1.46. The fraction of sp³-hybridized carbons (Fsp3) is 0. The van der Waals surface area contributed by atoms with Crippen molar-refractivity contribution in [1.82, 2.24) is 0 Å². The van der Waals surface area contributed by atoms with Crippen LogP contribution >= 0.6 is 12.4 Å². The molecule has 0 aliphatic carbocycles. The highest BCUT2D eigenvalue weighted by Crippen LogP contribution is 2.14. The zero-order chi connectivity index (χ0) is 13.5. The van der Waals surface area contributed by atoms with E-state index in [1.807, 2.05) is 0 Å². The lowest BCUT2D eigenvalue weighted by molar-refractivity contribution is 0.111. The van der Waals surface area contributed by atoms with Crippen LogP contribution in [-0.4, -0.2) is 20.3 Å². The molecule has 2 aromatic carbocycles. The Morgan fingerprint density at radius 1 is 0.800 bits per heavy atom. The van der Waals surface area contributed by atoms with E-state index in [0.717, 1.165) is 20.3 Å². The molecule has 0 aromatic heterocycles. The van der Waals surface area contributed by atoms with Crippen LogP contribution < -0.4 is 9.31 Å². The molecule has 20 heavy (non-hydrogen) atoms. The quantitative estimate of drug-likeness (QED) is 0.606. The Labute approximate surface area is 123 Å². The molecule has 2 aromatic rings. The van der Waals surface area contributed by atoms with Crippen molar-refractivity contribution in [3.05, 3.63) is 59.7 Å². The molecule has 0 N–H and O–H groups in total. The number of carbonyl (C=O) groups excluding carboxylic acids is 2. The molecule has 0 heterocycles. The molecule has 0 amide bonds. The van der Waals surface area contributed by atoms with E-state index in [-0.39, 0.29) is 12.4 Å². The highest BCUT2D eigenvalue weighted by atomic mass is 35.5. The second-order valence-corrected chi connectivity index (χ2v) is 3.71. The van der Waals surface area contributed by atoms with Crippen molar-refractivity contribution in [2.45, 2.75) is 0 Å². The lowest BCUT2D eigenvalue weighted by Gasteiger charge is -2.06. The molecule has 6 heteroatoms. The van der Waals surface area contributed by atoms with Crippen LogP contribution in [-0.2, 0) is 0 Å². The highest BCUT2D eigenvalue weighted by molar-refractivity contribution is 6.20. The highest BCUT2D eigenvalue weighted by Gasteiger charge is 2.03. The number of benzene rings is 2. The molecule has 0 fully saturated rings. The Morgan fingerprint density at radius 2 is 1.25 bits per heavy atom. The van der Waals surface area contributed by atoms with Crippen LogP contribution in [0.5, 0.6) is 11.5 Å². The summed E-state index contributed by atoms with van der Waals surface area (Å²) in [7, 11) is 1.15. The van der Waals surface area contributed by atoms with Gasteiger partial charge in [0.1, 0.15) is 24.1 Å². The van der Waals surface area contributed by atoms with Gasteiger partial charge in [0.05, 0.1) is 0 Å². The molecule has 2 rings (SSSR count). The van der Waals surface area contributed by atoms with E-state index in [9.17, 15) is 9.59 Å². The van der Waals surface area contributed by atoms with E-state index >= 15 is 0 Å². The molecular formula is C14H11BClO4. The fourth-order valence-electron chi connectivity index (χ4n) is 1.46. The third-order valence-electron chi connectivity index (χ3n) is 2.36. The van der Waals surface area contributed by atoms with Gasteiger partial charge in [0.15, 0.2) is 0 Å². The van der Waals surface area contributed by atoms with E-state index in [1.165, 1.54) is 0 Å². The van der Waals surface area contributed by atoms with Gasteiger partial charge in [-0.25, -0.2) is 0 Å². The normalized spacial score (nSPS) is 9.00. The van der Waals surface area contributed by atoms with E-state index in [1.54, 1.807) is 48.5 Å². The smallest absolute Gasteiger partial charge is 0.526 e. The minimum Gasteiger partial charge on any atom is -0.526 e. The first-order valence-electron chi connectivity index (χ1n) is 5.57. The predicted molar refractivity (Wildman–Crippen MR) is 77.9 cm³/mol. The Hall–Kier alpha value is -2.27. The van der Waals surface area contributed by atoms with E-state index in [2.05, 4.69) is 0 Å². The third-order valence-corrected chi connectivity index (χ3v) is 2.36. The van der Waals surface area contributed by atoms with Gasteiger partial charge in [0.25, 0.3) is 0 Å². The SMILES string of the molecule is Cl.O=Cc1cccc(O[B]Oc2cccc(C=O)c2)c1. The zero-order valence-corrected chi connectivity index (χ0v) is 11.2. The van der Waals surface area contributed by atoms with E-state index in [0.29, 0.717) is 22.6 Å². The standard InChI is InChI=1S/C14H10BO4.ClH/c16-9-11-3-1-5-13(7-11)18-15-19-14-6-2-4-12(8-14)10-17;/h1-10H;1H. The van der Waals surface area contributed by atoms with Crippen molar-refractivity contribution in [2.75, 3.05) is 0 Å². The van der Waals surface area contributed by atoms with Crippen molar-refractivity contribution in [2.24, 2.45) is 0 Å². The maximum atomic E-state index is 10.6. The number of halogens is 1. The summed E-state index contributed by atoms with van der Waals surface area (Å²) in [5.74, 6) is 0.993. The maximum Gasteiger partial charge on any atom is 0.658 e. The lowest BCUT2D eigenvalue weighted by Crippen LogP contribution is -2.11. The van der Waals surface area contributed by atoms with Crippen molar-refractivity contribution in [3.63, 3.8) is 0 Å². The zero-order valence-electron chi connectivity index (χ0n) is 10.4. The van der Waals surface area contributed by atoms with Crippen molar-refractivity contribution >= 4 is 32.7 Å². The van der Waals surface area contributed by atoms with E-state index < -0.39 is 0 Å². The van der Waals surface area contributed by atoms with Crippen LogP contribution in [0.2, 0.25) is 0 Å². The molecule has 0 saturated heterocycles. The van der Waals surface area contributed by atoms with Crippen molar-refractivity contribution in [3.8, 4) is 11.5 Å². The van der Waals surface area contributed by atoms with Gasteiger partial charge >= 0.3 is 7.69 Å². The van der Waals surface area contributed by atoms with Gasteiger partial charge < -0.3 is 9.31 Å². The Morgan fingerprint density at radius 3 is 1.65 bits per heavy atom. The van der Waals surface area contributed by atoms with Crippen LogP contribution in [0.15, 0.2) is 48.5 Å². The monoisotopic (exact) mass is 289 g/mol. The topological polar surface area (TPSA) is 52.6 Å². The number of aldehydes is 2. The Kier molecular flexibility index (Phi) is 6.33. The molecular weight excluding hydrogens is 278 g/mol. The molecule has 101 valence electrons. The van der Waals surface area contributed by atoms with Gasteiger partial charge in [0, 0.05) is 11.1 Å². The number of carbonyl (C=O) groups is 2. The van der Waals surface area contributed by atoms with Crippen LogP contribution in [0.25, 0.3) is 0 Å². The summed E-state index contributed by atoms with van der Waals surface area (Å²) in [6.45, 7) is 0. The van der Waals surface area contributed by atoms with Crippen LogP contribution in [0.3, 0.4) is 0 Å². The molecule has 0 bridgehead atoms. The van der Waals surface area contributed by atoms with Gasteiger partial charge in [-0.2, -0.15) is 0 Å². The number of rotatable bonds is 6. The molecule has 1 radical (unpaired) electrons. The van der Waals surface area contributed by atoms with Gasteiger partial charge in [-0.05, 0) is 24.3 Å². The summed E-state index contributed by atoms with van der Waals surface area (Å²) in [6, 6.07) is 13.4. The Bertz CT molecular complexity index is 537. The molecule has 0 saturated carbocycles. The second-order valence-electron chi connectivity index (χ2n) is 3.71. The molecule has 0 aliphatic heterocycles. The maximum absolute atomic E-state index is 10.6. The summed E-state index contributed by atoms with van der Waals surface area (Å²) >= 11 is 0. The summed E-state index contributed by atoms with van der Waals surface area (Å²) in [4.78, 5) is 21.2. The molecule has 0 atom stereocenters. The van der Waals surface area contributed by atoms with Gasteiger partial charge in [-0.3, -0.25) is 9.59 Å². The van der Waals surface area contributed by atoms with Gasteiger partial charge in [-0.15, -0.1) is 12.4 Å². The number of hydrogen-bond donors (Lipinski definition) is 0. The molecule has 4 nitrogen and oxygen atoms in total. The molecule has 0 spiro atoms.